The largest absolute Gasteiger partial charge is 0.436 e. The molecule has 0 saturated heterocycles. The fraction of sp³-hybridized carbons (Fsp3) is 0. The first-order chi connectivity index (χ1) is 9.24. The van der Waals surface area contributed by atoms with Gasteiger partial charge in [0.15, 0.2) is 5.76 Å². The molecule has 94 valence electrons. The average Bonchev–Trinajstić information content (AvgIpc) is 2.93. The normalized spacial score (nSPS) is 10.6. The molecular formula is C15H9Cl2NO. The van der Waals surface area contributed by atoms with Gasteiger partial charge < -0.3 is 4.42 Å². The quantitative estimate of drug-likeness (QED) is 0.638. The summed E-state index contributed by atoms with van der Waals surface area (Å²) in [5.74, 6) is 1.25. The van der Waals surface area contributed by atoms with Gasteiger partial charge in [0, 0.05) is 11.1 Å². The third-order valence-corrected chi connectivity index (χ3v) is 3.47. The lowest BCUT2D eigenvalue weighted by Gasteiger charge is -1.99. The van der Waals surface area contributed by atoms with Crippen LogP contribution in [0.25, 0.3) is 22.8 Å². The second-order valence-electron chi connectivity index (χ2n) is 4.02. The van der Waals surface area contributed by atoms with Crippen LogP contribution in [0.4, 0.5) is 0 Å². The van der Waals surface area contributed by atoms with Crippen molar-refractivity contribution >= 4 is 23.2 Å². The second-order valence-corrected chi connectivity index (χ2v) is 4.84. The Morgan fingerprint density at radius 2 is 1.63 bits per heavy atom. The van der Waals surface area contributed by atoms with Crippen LogP contribution in [0.1, 0.15) is 0 Å². The minimum atomic E-state index is 0.485. The standard InChI is InChI=1S/C15H9Cl2NO/c16-12-7-6-11(8-13(12)17)15-18-9-14(19-15)10-4-2-1-3-5-10/h1-9H. The zero-order valence-electron chi connectivity index (χ0n) is 9.81. The van der Waals surface area contributed by atoms with Crippen molar-refractivity contribution in [1.29, 1.82) is 0 Å². The molecule has 3 aromatic rings. The summed E-state index contributed by atoms with van der Waals surface area (Å²) in [4.78, 5) is 4.27. The van der Waals surface area contributed by atoms with E-state index < -0.39 is 0 Å². The number of rotatable bonds is 2. The summed E-state index contributed by atoms with van der Waals surface area (Å²) in [5.41, 5.74) is 1.79. The number of hydrogen-bond donors (Lipinski definition) is 0. The van der Waals surface area contributed by atoms with Crippen LogP contribution in [0.15, 0.2) is 59.1 Å². The molecule has 4 heteroatoms. The highest BCUT2D eigenvalue weighted by atomic mass is 35.5. The van der Waals surface area contributed by atoms with Crippen molar-refractivity contribution in [2.75, 3.05) is 0 Å². The summed E-state index contributed by atoms with van der Waals surface area (Å²) < 4.78 is 5.74. The Morgan fingerprint density at radius 3 is 2.37 bits per heavy atom. The molecule has 1 aromatic heterocycles. The van der Waals surface area contributed by atoms with Crippen molar-refractivity contribution in [3.63, 3.8) is 0 Å². The predicted octanol–water partition coefficient (Wildman–Crippen LogP) is 5.32. The Kier molecular flexibility index (Phi) is 3.28. The first kappa shape index (κ1) is 12.3. The average molecular weight is 290 g/mol. The predicted molar refractivity (Wildman–Crippen MR) is 77.4 cm³/mol. The minimum absolute atomic E-state index is 0.485. The number of nitrogens with zero attached hydrogens (tertiary/aromatic N) is 1. The zero-order valence-corrected chi connectivity index (χ0v) is 11.3. The maximum Gasteiger partial charge on any atom is 0.226 e. The van der Waals surface area contributed by atoms with Crippen LogP contribution in [-0.2, 0) is 0 Å². The molecule has 19 heavy (non-hydrogen) atoms. The number of oxazole rings is 1. The molecule has 0 aliphatic rings. The van der Waals surface area contributed by atoms with Gasteiger partial charge >= 0.3 is 0 Å². The van der Waals surface area contributed by atoms with E-state index in [4.69, 9.17) is 27.6 Å². The van der Waals surface area contributed by atoms with Gasteiger partial charge in [0.1, 0.15) is 0 Å². The van der Waals surface area contributed by atoms with E-state index in [1.807, 2.05) is 36.4 Å². The van der Waals surface area contributed by atoms with Crippen LogP contribution in [-0.4, -0.2) is 4.98 Å². The highest BCUT2D eigenvalue weighted by Crippen LogP contribution is 2.30. The third kappa shape index (κ3) is 2.50. The molecule has 0 saturated carbocycles. The third-order valence-electron chi connectivity index (χ3n) is 2.73. The van der Waals surface area contributed by atoms with E-state index in [0.717, 1.165) is 16.9 Å². The first-order valence-corrected chi connectivity index (χ1v) is 6.46. The summed E-state index contributed by atoms with van der Waals surface area (Å²) in [5, 5.41) is 0.999. The van der Waals surface area contributed by atoms with E-state index in [1.165, 1.54) is 0 Å². The van der Waals surface area contributed by atoms with E-state index in [1.54, 1.807) is 18.3 Å². The molecule has 1 heterocycles. The van der Waals surface area contributed by atoms with Crippen LogP contribution >= 0.6 is 23.2 Å². The Balaban J connectivity index is 1.99. The van der Waals surface area contributed by atoms with Gasteiger partial charge in [0.05, 0.1) is 16.2 Å². The SMILES string of the molecule is Clc1ccc(-c2ncc(-c3ccccc3)o2)cc1Cl. The first-order valence-electron chi connectivity index (χ1n) is 5.71. The molecule has 0 atom stereocenters. The molecule has 0 radical (unpaired) electrons. The fourth-order valence-corrected chi connectivity index (χ4v) is 2.07. The second kappa shape index (κ2) is 5.08. The molecule has 0 aliphatic heterocycles. The van der Waals surface area contributed by atoms with Gasteiger partial charge in [0.25, 0.3) is 0 Å². The summed E-state index contributed by atoms with van der Waals surface area (Å²) in [6, 6.07) is 15.1. The van der Waals surface area contributed by atoms with E-state index in [-0.39, 0.29) is 0 Å². The molecule has 0 amide bonds. The zero-order chi connectivity index (χ0) is 13.2. The Labute approximate surface area is 120 Å². The van der Waals surface area contributed by atoms with E-state index >= 15 is 0 Å². The molecule has 0 aliphatic carbocycles. The summed E-state index contributed by atoms with van der Waals surface area (Å²) in [6.07, 6.45) is 1.70. The number of hydrogen-bond acceptors (Lipinski definition) is 2. The van der Waals surface area contributed by atoms with Gasteiger partial charge in [0.2, 0.25) is 5.89 Å². The topological polar surface area (TPSA) is 26.0 Å². The maximum absolute atomic E-state index is 5.99. The van der Waals surface area contributed by atoms with Crippen LogP contribution in [0.2, 0.25) is 10.0 Å². The highest BCUT2D eigenvalue weighted by Gasteiger charge is 2.09. The molecule has 0 bridgehead atoms. The van der Waals surface area contributed by atoms with Gasteiger partial charge in [-0.2, -0.15) is 0 Å². The van der Waals surface area contributed by atoms with Crippen LogP contribution in [0.5, 0.6) is 0 Å². The summed E-state index contributed by atoms with van der Waals surface area (Å²) in [7, 11) is 0. The molecular weight excluding hydrogens is 281 g/mol. The monoisotopic (exact) mass is 289 g/mol. The Bertz CT molecular complexity index is 707. The van der Waals surface area contributed by atoms with E-state index in [9.17, 15) is 0 Å². The lowest BCUT2D eigenvalue weighted by atomic mass is 10.2. The summed E-state index contributed by atoms with van der Waals surface area (Å²) >= 11 is 11.9. The fourth-order valence-electron chi connectivity index (χ4n) is 1.77. The van der Waals surface area contributed by atoms with Crippen molar-refractivity contribution in [2.45, 2.75) is 0 Å². The lowest BCUT2D eigenvalue weighted by Crippen LogP contribution is -1.77. The minimum Gasteiger partial charge on any atom is -0.436 e. The van der Waals surface area contributed by atoms with Crippen molar-refractivity contribution in [3.05, 3.63) is 64.8 Å². The van der Waals surface area contributed by atoms with Gasteiger partial charge in [-0.1, -0.05) is 53.5 Å². The van der Waals surface area contributed by atoms with Crippen molar-refractivity contribution in [1.82, 2.24) is 4.98 Å². The number of halogens is 2. The van der Waals surface area contributed by atoms with Crippen LogP contribution < -0.4 is 0 Å². The van der Waals surface area contributed by atoms with Gasteiger partial charge in [-0.25, -0.2) is 4.98 Å². The number of benzene rings is 2. The molecule has 2 aromatic carbocycles. The van der Waals surface area contributed by atoms with Crippen LogP contribution in [0, 0.1) is 0 Å². The van der Waals surface area contributed by atoms with E-state index in [0.29, 0.717) is 15.9 Å². The van der Waals surface area contributed by atoms with Gasteiger partial charge in [-0.15, -0.1) is 0 Å². The molecule has 0 fully saturated rings. The van der Waals surface area contributed by atoms with Gasteiger partial charge in [-0.3, -0.25) is 0 Å². The highest BCUT2D eigenvalue weighted by molar-refractivity contribution is 6.42. The molecule has 0 N–H and O–H groups in total. The Morgan fingerprint density at radius 1 is 0.842 bits per heavy atom. The van der Waals surface area contributed by atoms with E-state index in [2.05, 4.69) is 4.98 Å². The summed E-state index contributed by atoms with van der Waals surface area (Å²) in [6.45, 7) is 0. The maximum atomic E-state index is 5.99. The number of aromatic nitrogens is 1. The molecule has 0 unspecified atom stereocenters. The molecule has 0 spiro atoms. The van der Waals surface area contributed by atoms with Gasteiger partial charge in [-0.05, 0) is 18.2 Å². The lowest BCUT2D eigenvalue weighted by molar-refractivity contribution is 0.589. The van der Waals surface area contributed by atoms with Crippen molar-refractivity contribution < 1.29 is 4.42 Å². The smallest absolute Gasteiger partial charge is 0.226 e. The van der Waals surface area contributed by atoms with Crippen LogP contribution in [0.3, 0.4) is 0 Å². The molecule has 2 nitrogen and oxygen atoms in total. The molecule has 3 rings (SSSR count). The van der Waals surface area contributed by atoms with Crippen molar-refractivity contribution in [3.8, 4) is 22.8 Å². The van der Waals surface area contributed by atoms with Crippen molar-refractivity contribution in [2.24, 2.45) is 0 Å². The Hall–Kier alpha value is -1.77.